The van der Waals surface area contributed by atoms with Crippen LogP contribution < -0.4 is 5.32 Å². The Morgan fingerprint density at radius 3 is 2.69 bits per heavy atom. The molecule has 0 radical (unpaired) electrons. The van der Waals surface area contributed by atoms with Gasteiger partial charge >= 0.3 is 0 Å². The van der Waals surface area contributed by atoms with Crippen LogP contribution in [0.4, 0.5) is 5.69 Å². The summed E-state index contributed by atoms with van der Waals surface area (Å²) in [5, 5.41) is 3.29. The zero-order chi connectivity index (χ0) is 9.68. The minimum atomic E-state index is 0.0751. The van der Waals surface area contributed by atoms with Crippen LogP contribution in [0, 0.1) is 6.92 Å². The molecule has 1 N–H and O–H groups in total. The van der Waals surface area contributed by atoms with Gasteiger partial charge in [-0.05, 0) is 32.4 Å². The van der Waals surface area contributed by atoms with Gasteiger partial charge in [-0.1, -0.05) is 18.2 Å². The van der Waals surface area contributed by atoms with Crippen molar-refractivity contribution in [3.05, 3.63) is 29.8 Å². The zero-order valence-electron chi connectivity index (χ0n) is 8.50. The van der Waals surface area contributed by atoms with Crippen LogP contribution in [0.3, 0.4) is 0 Å². The van der Waals surface area contributed by atoms with Gasteiger partial charge in [0.05, 0.1) is 0 Å². The van der Waals surface area contributed by atoms with Gasteiger partial charge in [0.2, 0.25) is 0 Å². The van der Waals surface area contributed by atoms with Gasteiger partial charge < -0.3 is 10.1 Å². The van der Waals surface area contributed by atoms with E-state index in [1.807, 2.05) is 26.0 Å². The molecule has 0 amide bonds. The molecule has 2 heteroatoms. The van der Waals surface area contributed by atoms with Crippen molar-refractivity contribution >= 4 is 5.69 Å². The molecule has 2 nitrogen and oxygen atoms in total. The first-order valence-electron chi connectivity index (χ1n) is 4.67. The number of ether oxygens (including phenoxy) is 1. The molecule has 0 spiro atoms. The number of nitrogens with one attached hydrogen (secondary N) is 1. The molecule has 0 bridgehead atoms. The summed E-state index contributed by atoms with van der Waals surface area (Å²) in [7, 11) is 0. The minimum absolute atomic E-state index is 0.0751. The maximum Gasteiger partial charge on any atom is 0.124 e. The summed E-state index contributed by atoms with van der Waals surface area (Å²) in [6.07, 6.45) is 0.0751. The van der Waals surface area contributed by atoms with E-state index in [1.54, 1.807) is 0 Å². The number of hydrogen-bond acceptors (Lipinski definition) is 2. The Morgan fingerprint density at radius 1 is 1.38 bits per heavy atom. The normalized spacial score (nSPS) is 12.5. The van der Waals surface area contributed by atoms with Crippen LogP contribution in [0.25, 0.3) is 0 Å². The molecule has 72 valence electrons. The molecule has 0 aliphatic heterocycles. The fourth-order valence-electron chi connectivity index (χ4n) is 1.25. The van der Waals surface area contributed by atoms with Crippen LogP contribution in [0.15, 0.2) is 24.3 Å². The highest BCUT2D eigenvalue weighted by Gasteiger charge is 2.01. The van der Waals surface area contributed by atoms with E-state index < -0.39 is 0 Å². The molecule has 13 heavy (non-hydrogen) atoms. The minimum Gasteiger partial charge on any atom is -0.360 e. The monoisotopic (exact) mass is 179 g/mol. The fraction of sp³-hybridized carbons (Fsp3) is 0.455. The van der Waals surface area contributed by atoms with Crippen molar-refractivity contribution in [2.45, 2.75) is 27.0 Å². The van der Waals surface area contributed by atoms with Crippen molar-refractivity contribution in [3.63, 3.8) is 0 Å². The Labute approximate surface area is 79.9 Å². The topological polar surface area (TPSA) is 21.3 Å². The van der Waals surface area contributed by atoms with Gasteiger partial charge in [-0.15, -0.1) is 0 Å². The summed E-state index contributed by atoms with van der Waals surface area (Å²) in [5.41, 5.74) is 2.39. The molecule has 0 saturated heterocycles. The van der Waals surface area contributed by atoms with Gasteiger partial charge in [0, 0.05) is 12.3 Å². The zero-order valence-corrected chi connectivity index (χ0v) is 8.50. The summed E-state index contributed by atoms with van der Waals surface area (Å²) >= 11 is 0. The summed E-state index contributed by atoms with van der Waals surface area (Å²) in [6, 6.07) is 8.20. The number of hydrogen-bond donors (Lipinski definition) is 1. The maximum atomic E-state index is 5.39. The third-order valence-electron chi connectivity index (χ3n) is 1.92. The summed E-state index contributed by atoms with van der Waals surface area (Å²) in [6.45, 7) is 6.83. The first-order chi connectivity index (χ1) is 6.24. The molecule has 1 atom stereocenters. The molecule has 1 aromatic rings. The van der Waals surface area contributed by atoms with E-state index in [-0.39, 0.29) is 6.23 Å². The molecule has 0 fully saturated rings. The number of benzene rings is 1. The highest BCUT2D eigenvalue weighted by atomic mass is 16.5. The van der Waals surface area contributed by atoms with Crippen LogP contribution >= 0.6 is 0 Å². The lowest BCUT2D eigenvalue weighted by molar-refractivity contribution is 0.0961. The number of rotatable bonds is 4. The molecule has 0 aliphatic carbocycles. The molecule has 0 heterocycles. The van der Waals surface area contributed by atoms with E-state index in [1.165, 1.54) is 5.56 Å². The Morgan fingerprint density at radius 2 is 2.08 bits per heavy atom. The maximum absolute atomic E-state index is 5.39. The van der Waals surface area contributed by atoms with Crippen LogP contribution in [-0.2, 0) is 4.74 Å². The Hall–Kier alpha value is -1.02. The van der Waals surface area contributed by atoms with E-state index >= 15 is 0 Å². The second-order valence-electron chi connectivity index (χ2n) is 3.06. The standard InChI is InChI=1S/C11H17NO/c1-4-13-10(3)12-11-8-6-5-7-9(11)2/h5-8,10,12H,4H2,1-3H3. The van der Waals surface area contributed by atoms with E-state index in [4.69, 9.17) is 4.74 Å². The molecule has 1 aromatic carbocycles. The molecule has 1 unspecified atom stereocenters. The third kappa shape index (κ3) is 3.07. The molecular weight excluding hydrogens is 162 g/mol. The van der Waals surface area contributed by atoms with E-state index in [0.717, 1.165) is 12.3 Å². The van der Waals surface area contributed by atoms with Crippen molar-refractivity contribution in [1.82, 2.24) is 0 Å². The lowest BCUT2D eigenvalue weighted by atomic mass is 10.2. The Kier molecular flexibility index (Phi) is 3.77. The fourth-order valence-corrected chi connectivity index (χ4v) is 1.25. The van der Waals surface area contributed by atoms with Gasteiger partial charge in [0.25, 0.3) is 0 Å². The van der Waals surface area contributed by atoms with Crippen molar-refractivity contribution in [1.29, 1.82) is 0 Å². The Balaban J connectivity index is 2.58. The van der Waals surface area contributed by atoms with Gasteiger partial charge in [-0.3, -0.25) is 0 Å². The summed E-state index contributed by atoms with van der Waals surface area (Å²) in [5.74, 6) is 0. The van der Waals surface area contributed by atoms with Gasteiger partial charge in [0.1, 0.15) is 6.23 Å². The van der Waals surface area contributed by atoms with Crippen molar-refractivity contribution < 1.29 is 4.74 Å². The van der Waals surface area contributed by atoms with Crippen LogP contribution in [0.5, 0.6) is 0 Å². The molecule has 0 aliphatic rings. The summed E-state index contributed by atoms with van der Waals surface area (Å²) < 4.78 is 5.39. The molecule has 0 saturated carbocycles. The highest BCUT2D eigenvalue weighted by molar-refractivity contribution is 5.50. The first kappa shape index (κ1) is 10.1. The van der Waals surface area contributed by atoms with Crippen molar-refractivity contribution in [2.75, 3.05) is 11.9 Å². The lowest BCUT2D eigenvalue weighted by Crippen LogP contribution is -2.19. The number of aryl methyl sites for hydroxylation is 1. The molecule has 0 aromatic heterocycles. The largest absolute Gasteiger partial charge is 0.360 e. The number of para-hydroxylation sites is 1. The molecular formula is C11H17NO. The predicted octanol–water partition coefficient (Wildman–Crippen LogP) is 2.79. The highest BCUT2D eigenvalue weighted by Crippen LogP contribution is 2.14. The number of anilines is 1. The average Bonchev–Trinajstić information content (AvgIpc) is 2.09. The first-order valence-corrected chi connectivity index (χ1v) is 4.67. The predicted molar refractivity (Wildman–Crippen MR) is 55.9 cm³/mol. The Bertz CT molecular complexity index is 260. The summed E-state index contributed by atoms with van der Waals surface area (Å²) in [4.78, 5) is 0. The second kappa shape index (κ2) is 4.87. The van der Waals surface area contributed by atoms with Gasteiger partial charge in [-0.25, -0.2) is 0 Å². The van der Waals surface area contributed by atoms with Crippen LogP contribution in [0.2, 0.25) is 0 Å². The van der Waals surface area contributed by atoms with E-state index in [0.29, 0.717) is 0 Å². The van der Waals surface area contributed by atoms with Gasteiger partial charge in [0.15, 0.2) is 0 Å². The van der Waals surface area contributed by atoms with Crippen molar-refractivity contribution in [3.8, 4) is 0 Å². The SMILES string of the molecule is CCOC(C)Nc1ccccc1C. The lowest BCUT2D eigenvalue weighted by Gasteiger charge is -2.16. The smallest absolute Gasteiger partial charge is 0.124 e. The van der Waals surface area contributed by atoms with Gasteiger partial charge in [-0.2, -0.15) is 0 Å². The van der Waals surface area contributed by atoms with Crippen molar-refractivity contribution in [2.24, 2.45) is 0 Å². The quantitative estimate of drug-likeness (QED) is 0.718. The van der Waals surface area contributed by atoms with Crippen LogP contribution in [-0.4, -0.2) is 12.8 Å². The van der Waals surface area contributed by atoms with E-state index in [9.17, 15) is 0 Å². The second-order valence-corrected chi connectivity index (χ2v) is 3.06. The molecule has 1 rings (SSSR count). The third-order valence-corrected chi connectivity index (χ3v) is 1.92. The van der Waals surface area contributed by atoms with Crippen LogP contribution in [0.1, 0.15) is 19.4 Å². The average molecular weight is 179 g/mol. The van der Waals surface area contributed by atoms with E-state index in [2.05, 4.69) is 24.4 Å².